The molecule has 0 spiro atoms. The highest BCUT2D eigenvalue weighted by molar-refractivity contribution is 9.10. The molecule has 1 aromatic carbocycles. The van der Waals surface area contributed by atoms with Gasteiger partial charge >= 0.3 is 0 Å². The van der Waals surface area contributed by atoms with E-state index >= 15 is 0 Å². The zero-order valence-corrected chi connectivity index (χ0v) is 12.3. The topological polar surface area (TPSA) is 80.3 Å². The van der Waals surface area contributed by atoms with Gasteiger partial charge in [-0.3, -0.25) is 4.72 Å². The molecule has 0 saturated carbocycles. The lowest BCUT2D eigenvalue weighted by molar-refractivity contribution is 0.597. The molecule has 0 aliphatic heterocycles. The van der Waals surface area contributed by atoms with E-state index in [0.717, 1.165) is 0 Å². The van der Waals surface area contributed by atoms with E-state index in [1.807, 2.05) is 0 Å². The van der Waals surface area contributed by atoms with Crippen molar-refractivity contribution in [3.63, 3.8) is 0 Å². The number of sulfone groups is 1. The van der Waals surface area contributed by atoms with Gasteiger partial charge in [-0.1, -0.05) is 22.9 Å². The zero-order chi connectivity index (χ0) is 13.1. The van der Waals surface area contributed by atoms with E-state index in [1.165, 1.54) is 24.3 Å². The number of halogens is 1. The third kappa shape index (κ3) is 3.97. The minimum Gasteiger partial charge on any atom is -0.283 e. The standard InChI is InChI=1S/C9H12BrNO4S2/c1-2-16(12,13)9-5-3-8(4-6-9)11-17(14,15)7-10/h3-6,11H,2,7H2,1H3. The molecule has 0 aliphatic carbocycles. The summed E-state index contributed by atoms with van der Waals surface area (Å²) in [6.45, 7) is 1.55. The number of nitrogens with one attached hydrogen (secondary N) is 1. The summed E-state index contributed by atoms with van der Waals surface area (Å²) in [7, 11) is -6.66. The summed E-state index contributed by atoms with van der Waals surface area (Å²) in [5.41, 5.74) is 0.333. The average molecular weight is 342 g/mol. The fraction of sp³-hybridized carbons (Fsp3) is 0.333. The van der Waals surface area contributed by atoms with Gasteiger partial charge in [0.1, 0.15) is 4.66 Å². The maximum Gasteiger partial charge on any atom is 0.242 e. The predicted molar refractivity (Wildman–Crippen MR) is 70.5 cm³/mol. The molecule has 1 rings (SSSR count). The van der Waals surface area contributed by atoms with Crippen LogP contribution in [0.4, 0.5) is 5.69 Å². The zero-order valence-electron chi connectivity index (χ0n) is 9.05. The molecule has 0 amide bonds. The van der Waals surface area contributed by atoms with Crippen LogP contribution in [0.25, 0.3) is 0 Å². The van der Waals surface area contributed by atoms with Gasteiger partial charge in [-0.25, -0.2) is 16.8 Å². The molecule has 96 valence electrons. The smallest absolute Gasteiger partial charge is 0.242 e. The third-order valence-electron chi connectivity index (χ3n) is 2.01. The van der Waals surface area contributed by atoms with Gasteiger partial charge in [-0.2, -0.15) is 0 Å². The second-order valence-electron chi connectivity index (χ2n) is 3.25. The molecule has 0 aromatic heterocycles. The number of benzene rings is 1. The third-order valence-corrected chi connectivity index (χ3v) is 6.40. The van der Waals surface area contributed by atoms with Gasteiger partial charge < -0.3 is 0 Å². The molecule has 0 bridgehead atoms. The Morgan fingerprint density at radius 3 is 2.06 bits per heavy atom. The van der Waals surface area contributed by atoms with Crippen LogP contribution in [0, 0.1) is 0 Å². The summed E-state index contributed by atoms with van der Waals surface area (Å²) in [6, 6.07) is 5.60. The van der Waals surface area contributed by atoms with Crippen molar-refractivity contribution in [3.8, 4) is 0 Å². The number of sulfonamides is 1. The Kier molecular flexibility index (Phi) is 4.56. The van der Waals surface area contributed by atoms with Crippen molar-refractivity contribution >= 4 is 41.5 Å². The van der Waals surface area contributed by atoms with Crippen LogP contribution in [0.1, 0.15) is 6.92 Å². The van der Waals surface area contributed by atoms with Crippen LogP contribution in [0.2, 0.25) is 0 Å². The number of anilines is 1. The number of hydrogen-bond donors (Lipinski definition) is 1. The van der Waals surface area contributed by atoms with E-state index in [-0.39, 0.29) is 15.3 Å². The Morgan fingerprint density at radius 2 is 1.65 bits per heavy atom. The molecule has 0 atom stereocenters. The van der Waals surface area contributed by atoms with Crippen LogP contribution < -0.4 is 4.72 Å². The van der Waals surface area contributed by atoms with E-state index in [0.29, 0.717) is 5.69 Å². The Labute approximate surface area is 109 Å². The molecule has 8 heteroatoms. The van der Waals surface area contributed by atoms with E-state index < -0.39 is 19.9 Å². The normalized spacial score (nSPS) is 12.4. The minimum absolute atomic E-state index is 0.0134. The second kappa shape index (κ2) is 5.36. The average Bonchev–Trinajstić information content (AvgIpc) is 2.29. The predicted octanol–water partition coefficient (Wildman–Crippen LogP) is 1.57. The van der Waals surface area contributed by atoms with E-state index in [9.17, 15) is 16.8 Å². The molecule has 0 unspecified atom stereocenters. The fourth-order valence-corrected chi connectivity index (χ4v) is 2.88. The molecular weight excluding hydrogens is 330 g/mol. The van der Waals surface area contributed by atoms with Crippen molar-refractivity contribution in [2.75, 3.05) is 15.1 Å². The molecule has 0 aliphatic rings. The molecular formula is C9H12BrNO4S2. The monoisotopic (exact) mass is 341 g/mol. The summed E-state index contributed by atoms with van der Waals surface area (Å²) >= 11 is 2.84. The first kappa shape index (κ1) is 14.5. The SMILES string of the molecule is CCS(=O)(=O)c1ccc(NS(=O)(=O)CBr)cc1. The second-order valence-corrected chi connectivity index (χ2v) is 8.56. The summed E-state index contributed by atoms with van der Waals surface area (Å²) in [6.07, 6.45) is 0. The molecule has 0 radical (unpaired) electrons. The Balaban J connectivity index is 2.98. The van der Waals surface area contributed by atoms with Crippen molar-refractivity contribution < 1.29 is 16.8 Å². The van der Waals surface area contributed by atoms with E-state index in [2.05, 4.69) is 20.7 Å². The molecule has 0 heterocycles. The van der Waals surface area contributed by atoms with Crippen molar-refractivity contribution in [2.45, 2.75) is 11.8 Å². The lowest BCUT2D eigenvalue weighted by Crippen LogP contribution is -2.13. The van der Waals surface area contributed by atoms with Crippen LogP contribution in [0.3, 0.4) is 0 Å². The van der Waals surface area contributed by atoms with Gasteiger partial charge in [0.15, 0.2) is 9.84 Å². The van der Waals surface area contributed by atoms with Crippen LogP contribution >= 0.6 is 15.9 Å². The molecule has 5 nitrogen and oxygen atoms in total. The van der Waals surface area contributed by atoms with E-state index in [1.54, 1.807) is 6.92 Å². The van der Waals surface area contributed by atoms with Crippen LogP contribution in [-0.4, -0.2) is 27.3 Å². The van der Waals surface area contributed by atoms with Crippen LogP contribution in [0.15, 0.2) is 29.2 Å². The Hall–Kier alpha value is -0.600. The summed E-state index contributed by atoms with van der Waals surface area (Å²) in [4.78, 5) is 0.182. The van der Waals surface area contributed by atoms with Gasteiger partial charge in [0.05, 0.1) is 10.6 Å². The van der Waals surface area contributed by atoms with Crippen molar-refractivity contribution in [2.24, 2.45) is 0 Å². The maximum atomic E-state index is 11.5. The molecule has 0 fully saturated rings. The summed E-state index contributed by atoms with van der Waals surface area (Å²) in [5.74, 6) is 0.0134. The lowest BCUT2D eigenvalue weighted by Gasteiger charge is -2.06. The molecule has 1 aromatic rings. The van der Waals surface area contributed by atoms with E-state index in [4.69, 9.17) is 0 Å². The highest BCUT2D eigenvalue weighted by Gasteiger charge is 2.12. The van der Waals surface area contributed by atoms with Gasteiger partial charge in [-0.15, -0.1) is 0 Å². The fourth-order valence-electron chi connectivity index (χ4n) is 1.10. The first-order valence-electron chi connectivity index (χ1n) is 4.70. The number of hydrogen-bond acceptors (Lipinski definition) is 4. The summed E-state index contributed by atoms with van der Waals surface area (Å²) in [5, 5.41) is 0. The number of rotatable bonds is 5. The van der Waals surface area contributed by atoms with Crippen LogP contribution in [-0.2, 0) is 19.9 Å². The first-order valence-corrected chi connectivity index (χ1v) is 9.12. The van der Waals surface area contributed by atoms with Crippen LogP contribution in [0.5, 0.6) is 0 Å². The maximum absolute atomic E-state index is 11.5. The highest BCUT2D eigenvalue weighted by atomic mass is 79.9. The van der Waals surface area contributed by atoms with Crippen molar-refractivity contribution in [3.05, 3.63) is 24.3 Å². The molecule has 0 saturated heterocycles. The highest BCUT2D eigenvalue weighted by Crippen LogP contribution is 2.16. The number of alkyl halides is 1. The van der Waals surface area contributed by atoms with Crippen molar-refractivity contribution in [1.29, 1.82) is 0 Å². The molecule has 1 N–H and O–H groups in total. The van der Waals surface area contributed by atoms with Gasteiger partial charge in [0, 0.05) is 5.69 Å². The lowest BCUT2D eigenvalue weighted by atomic mass is 10.3. The molecule has 17 heavy (non-hydrogen) atoms. The quantitative estimate of drug-likeness (QED) is 0.824. The van der Waals surface area contributed by atoms with Crippen molar-refractivity contribution in [1.82, 2.24) is 0 Å². The first-order chi connectivity index (χ1) is 7.80. The van der Waals surface area contributed by atoms with Gasteiger partial charge in [0.2, 0.25) is 10.0 Å². The van der Waals surface area contributed by atoms with Gasteiger partial charge in [-0.05, 0) is 24.3 Å². The summed E-state index contributed by atoms with van der Waals surface area (Å²) < 4.78 is 47.6. The largest absolute Gasteiger partial charge is 0.283 e. The van der Waals surface area contributed by atoms with Gasteiger partial charge in [0.25, 0.3) is 0 Å². The Bertz CT molecular complexity index is 578. The Morgan fingerprint density at radius 1 is 1.12 bits per heavy atom. The minimum atomic E-state index is -3.41.